The van der Waals surface area contributed by atoms with Crippen molar-refractivity contribution in [2.45, 2.75) is 13.5 Å². The van der Waals surface area contributed by atoms with Crippen molar-refractivity contribution < 1.29 is 4.79 Å². The van der Waals surface area contributed by atoms with E-state index in [0.717, 1.165) is 16.7 Å². The summed E-state index contributed by atoms with van der Waals surface area (Å²) in [6.45, 7) is 2.09. The predicted octanol–water partition coefficient (Wildman–Crippen LogP) is 2.79. The number of amides is 1. The summed E-state index contributed by atoms with van der Waals surface area (Å²) >= 11 is 0. The fourth-order valence-electron chi connectivity index (χ4n) is 1.66. The van der Waals surface area contributed by atoms with Gasteiger partial charge in [0.15, 0.2) is 0 Å². The van der Waals surface area contributed by atoms with Crippen LogP contribution in [0.25, 0.3) is 11.1 Å². The summed E-state index contributed by atoms with van der Waals surface area (Å²) in [6.07, 6.45) is 0. The summed E-state index contributed by atoms with van der Waals surface area (Å²) in [4.78, 5) is 10.9. The van der Waals surface area contributed by atoms with Gasteiger partial charge in [-0.1, -0.05) is 36.4 Å². The van der Waals surface area contributed by atoms with Gasteiger partial charge in [0, 0.05) is 13.5 Å². The minimum Gasteiger partial charge on any atom is -0.352 e. The molecule has 0 fully saturated rings. The highest BCUT2D eigenvalue weighted by Gasteiger charge is 1.99. The van der Waals surface area contributed by atoms with Crippen molar-refractivity contribution >= 4 is 5.91 Å². The lowest BCUT2D eigenvalue weighted by Gasteiger charge is -2.06. The normalized spacial score (nSPS) is 9.94. The number of hydrogen-bond donors (Lipinski definition) is 1. The van der Waals surface area contributed by atoms with Crippen LogP contribution in [0.15, 0.2) is 48.5 Å². The number of hydrogen-bond acceptors (Lipinski definition) is 1. The molecule has 1 N–H and O–H groups in total. The van der Waals surface area contributed by atoms with E-state index in [0.29, 0.717) is 6.54 Å². The number of nitrogens with one attached hydrogen (secondary N) is 1. The van der Waals surface area contributed by atoms with Gasteiger partial charge >= 0.3 is 0 Å². The van der Waals surface area contributed by atoms with Gasteiger partial charge < -0.3 is 5.32 Å². The average Bonchev–Trinajstić information content (AvgIpc) is 2.38. The van der Waals surface area contributed by atoms with Crippen LogP contribution in [0.3, 0.4) is 0 Å². The first-order valence-electron chi connectivity index (χ1n) is 5.55. The van der Waals surface area contributed by atoms with Crippen molar-refractivity contribution in [1.82, 2.24) is 5.32 Å². The smallest absolute Gasteiger partial charge is 0.217 e. The lowest BCUT2D eigenvalue weighted by atomic mass is 10.0. The lowest BCUT2D eigenvalue weighted by molar-refractivity contribution is -0.119. The van der Waals surface area contributed by atoms with Gasteiger partial charge in [0.05, 0.1) is 0 Å². The molecule has 17 heavy (non-hydrogen) atoms. The fourth-order valence-corrected chi connectivity index (χ4v) is 1.66. The van der Waals surface area contributed by atoms with Gasteiger partial charge in [-0.05, 0) is 34.9 Å². The molecule has 0 aliphatic carbocycles. The largest absolute Gasteiger partial charge is 0.352 e. The summed E-state index contributed by atoms with van der Waals surface area (Å²) in [5.74, 6) is -0.0107. The molecule has 2 aromatic carbocycles. The molecule has 0 aromatic heterocycles. The summed E-state index contributed by atoms with van der Waals surface area (Å²) in [7, 11) is 0. The summed E-state index contributed by atoms with van der Waals surface area (Å²) in [5.41, 5.74) is 3.38. The van der Waals surface area contributed by atoms with Gasteiger partial charge in [-0.15, -0.1) is 0 Å². The Kier molecular flexibility index (Phi) is 3.55. The minimum atomic E-state index is -0.0107. The predicted molar refractivity (Wildman–Crippen MR) is 68.2 cm³/mol. The highest BCUT2D eigenvalue weighted by Crippen LogP contribution is 2.19. The maximum atomic E-state index is 10.9. The van der Waals surface area contributed by atoms with Gasteiger partial charge in [-0.2, -0.15) is 0 Å². The van der Waals surface area contributed by atoms with Crippen molar-refractivity contribution in [2.75, 3.05) is 0 Å². The number of carbonyl (C=O) groups excluding carboxylic acids is 1. The second kappa shape index (κ2) is 5.30. The van der Waals surface area contributed by atoms with Crippen molar-refractivity contribution in [1.29, 1.82) is 0 Å². The van der Waals surface area contributed by atoms with Crippen molar-refractivity contribution in [3.05, 3.63) is 60.2 Å². The van der Waals surface area contributed by atoms with Gasteiger partial charge in [-0.3, -0.25) is 4.79 Å². The minimum absolute atomic E-state index is 0.0107. The van der Waals surface area contributed by atoms with Crippen molar-refractivity contribution in [2.24, 2.45) is 0 Å². The molecule has 0 saturated heterocycles. The quantitative estimate of drug-likeness (QED) is 0.853. The van der Waals surface area contributed by atoms with E-state index in [4.69, 9.17) is 0 Å². The zero-order valence-electron chi connectivity index (χ0n) is 9.73. The van der Waals surface area contributed by atoms with Crippen molar-refractivity contribution in [3.8, 4) is 11.1 Å². The monoisotopic (exact) mass is 224 g/mol. The Morgan fingerprint density at radius 3 is 2.76 bits per heavy atom. The molecule has 1 amide bonds. The van der Waals surface area contributed by atoms with E-state index in [1.54, 1.807) is 0 Å². The lowest BCUT2D eigenvalue weighted by Crippen LogP contribution is -2.18. The number of benzene rings is 2. The Bertz CT molecular complexity index is 505. The third-order valence-corrected chi connectivity index (χ3v) is 2.51. The molecule has 0 aliphatic rings. The Morgan fingerprint density at radius 2 is 2.06 bits per heavy atom. The highest BCUT2D eigenvalue weighted by atomic mass is 16.1. The Hall–Kier alpha value is -2.09. The average molecular weight is 224 g/mol. The topological polar surface area (TPSA) is 29.1 Å². The third-order valence-electron chi connectivity index (χ3n) is 2.51. The van der Waals surface area contributed by atoms with Gasteiger partial charge in [0.2, 0.25) is 5.91 Å². The van der Waals surface area contributed by atoms with E-state index < -0.39 is 0 Å². The van der Waals surface area contributed by atoms with Crippen LogP contribution in [-0.4, -0.2) is 5.91 Å². The molecule has 0 atom stereocenters. The van der Waals surface area contributed by atoms with E-state index in [1.807, 2.05) is 36.4 Å². The Balaban J connectivity index is 2.20. The summed E-state index contributed by atoms with van der Waals surface area (Å²) in [6, 6.07) is 19.1. The molecular weight excluding hydrogens is 210 g/mol. The van der Waals surface area contributed by atoms with Crippen LogP contribution in [0.5, 0.6) is 0 Å². The summed E-state index contributed by atoms with van der Waals surface area (Å²) < 4.78 is 0. The first-order chi connectivity index (χ1) is 8.25. The number of rotatable bonds is 3. The first kappa shape index (κ1) is 11.4. The van der Waals surface area contributed by atoms with E-state index in [-0.39, 0.29) is 5.91 Å². The molecule has 0 saturated carbocycles. The number of carbonyl (C=O) groups is 1. The molecule has 0 heterocycles. The van der Waals surface area contributed by atoms with E-state index >= 15 is 0 Å². The second-order valence-corrected chi connectivity index (χ2v) is 3.90. The molecule has 2 nitrogen and oxygen atoms in total. The SMILES string of the molecule is CC(=O)NCc1cccc(-c2c[c]ccc2)c1. The molecule has 0 unspecified atom stereocenters. The van der Waals surface area contributed by atoms with Crippen LogP contribution < -0.4 is 5.32 Å². The van der Waals surface area contributed by atoms with Gasteiger partial charge in [0.1, 0.15) is 0 Å². The molecule has 2 aromatic rings. The van der Waals surface area contributed by atoms with Crippen LogP contribution in [0, 0.1) is 6.07 Å². The maximum absolute atomic E-state index is 10.9. The molecule has 2 heteroatoms. The van der Waals surface area contributed by atoms with E-state index in [2.05, 4.69) is 23.5 Å². The molecular formula is C15H14NO. The molecule has 2 rings (SSSR count). The Labute approximate surface area is 101 Å². The first-order valence-corrected chi connectivity index (χ1v) is 5.55. The second-order valence-electron chi connectivity index (χ2n) is 3.90. The highest BCUT2D eigenvalue weighted by molar-refractivity contribution is 5.73. The zero-order chi connectivity index (χ0) is 12.1. The van der Waals surface area contributed by atoms with Crippen LogP contribution in [0.1, 0.15) is 12.5 Å². The fraction of sp³-hybridized carbons (Fsp3) is 0.133. The maximum Gasteiger partial charge on any atom is 0.217 e. The molecule has 0 spiro atoms. The standard InChI is InChI=1S/C15H14NO/c1-12(17)16-11-13-6-5-9-15(10-13)14-7-3-2-4-8-14/h2-3,5-10H,11H2,1H3,(H,16,17). The van der Waals surface area contributed by atoms with E-state index in [1.165, 1.54) is 6.92 Å². The molecule has 1 radical (unpaired) electrons. The van der Waals surface area contributed by atoms with Gasteiger partial charge in [-0.25, -0.2) is 0 Å². The molecule has 85 valence electrons. The van der Waals surface area contributed by atoms with Crippen LogP contribution in [-0.2, 0) is 11.3 Å². The van der Waals surface area contributed by atoms with Crippen LogP contribution in [0.2, 0.25) is 0 Å². The van der Waals surface area contributed by atoms with Crippen LogP contribution >= 0.6 is 0 Å². The van der Waals surface area contributed by atoms with Gasteiger partial charge in [0.25, 0.3) is 0 Å². The zero-order valence-corrected chi connectivity index (χ0v) is 9.73. The molecule has 0 aliphatic heterocycles. The molecule has 0 bridgehead atoms. The summed E-state index contributed by atoms with van der Waals surface area (Å²) in [5, 5.41) is 2.79. The Morgan fingerprint density at radius 1 is 1.24 bits per heavy atom. The van der Waals surface area contributed by atoms with Crippen LogP contribution in [0.4, 0.5) is 0 Å². The third kappa shape index (κ3) is 3.18. The van der Waals surface area contributed by atoms with E-state index in [9.17, 15) is 4.79 Å². The van der Waals surface area contributed by atoms with Crippen molar-refractivity contribution in [3.63, 3.8) is 0 Å².